The molecule has 0 aliphatic carbocycles. The summed E-state index contributed by atoms with van der Waals surface area (Å²) < 4.78 is 69.0. The summed E-state index contributed by atoms with van der Waals surface area (Å²) in [5.74, 6) is -0.723. The van der Waals surface area contributed by atoms with Gasteiger partial charge in [0.25, 0.3) is 0 Å². The third-order valence-electron chi connectivity index (χ3n) is 3.39. The Morgan fingerprint density at radius 3 is 2.31 bits per heavy atom. The normalized spacial score (nSPS) is 16.2. The molecule has 146 valence electrons. The predicted molar refractivity (Wildman–Crippen MR) is 85.1 cm³/mol. The van der Waals surface area contributed by atoms with Gasteiger partial charge in [0.2, 0.25) is 0 Å². The van der Waals surface area contributed by atoms with Crippen LogP contribution in [0, 0.1) is 6.92 Å². The average Bonchev–Trinajstić information content (AvgIpc) is 2.31. The molecule has 0 unspecified atom stereocenters. The number of aromatic nitrogens is 1. The molecular formula is C15H19F3N2O5S. The van der Waals surface area contributed by atoms with Gasteiger partial charge < -0.3 is 13.8 Å². The molecule has 0 atom stereocenters. The lowest BCUT2D eigenvalue weighted by atomic mass is 9.96. The molecule has 1 aliphatic rings. The van der Waals surface area contributed by atoms with Crippen molar-refractivity contribution in [2.75, 3.05) is 13.1 Å². The first kappa shape index (κ1) is 20.3. The molecule has 0 spiro atoms. The number of likely N-dealkylation sites (tertiary alicyclic amines) is 1. The van der Waals surface area contributed by atoms with Gasteiger partial charge in [-0.3, -0.25) is 4.98 Å². The minimum Gasteiger partial charge on any atom is -0.444 e. The highest BCUT2D eigenvalue weighted by Gasteiger charge is 2.48. The van der Waals surface area contributed by atoms with Gasteiger partial charge in [0.1, 0.15) is 11.4 Å². The lowest BCUT2D eigenvalue weighted by Gasteiger charge is -2.39. The number of halogens is 3. The zero-order valence-corrected chi connectivity index (χ0v) is 15.4. The molecule has 0 bridgehead atoms. The SMILES string of the molecule is Cc1cc(OS(=O)(=O)C(F)(F)F)cc(C2CN(C(=O)OC(C)(C)C)C2)n1. The molecule has 0 saturated carbocycles. The molecular weight excluding hydrogens is 377 g/mol. The Balaban J connectivity index is 2.09. The molecule has 1 fully saturated rings. The second kappa shape index (κ2) is 6.60. The Hall–Kier alpha value is -2.04. The molecule has 26 heavy (non-hydrogen) atoms. The fraction of sp³-hybridized carbons (Fsp3) is 0.600. The number of alkyl halides is 3. The summed E-state index contributed by atoms with van der Waals surface area (Å²) >= 11 is 0. The van der Waals surface area contributed by atoms with Crippen LogP contribution in [0.1, 0.15) is 38.1 Å². The van der Waals surface area contributed by atoms with Gasteiger partial charge in [0.05, 0.1) is 5.69 Å². The van der Waals surface area contributed by atoms with E-state index < -0.39 is 33.1 Å². The summed E-state index contributed by atoms with van der Waals surface area (Å²) in [6.07, 6.45) is -0.502. The third-order valence-corrected chi connectivity index (χ3v) is 4.37. The summed E-state index contributed by atoms with van der Waals surface area (Å²) in [6.45, 7) is 7.22. The molecule has 1 aromatic heterocycles. The standard InChI is InChI=1S/C15H19F3N2O5S/c1-9-5-11(25-26(22,23)15(16,17)18)6-12(19-9)10-7-20(8-10)13(21)24-14(2,3)4/h5-6,10H,7-8H2,1-4H3. The lowest BCUT2D eigenvalue weighted by molar-refractivity contribution is -0.0500. The molecule has 1 aliphatic heterocycles. The number of hydrogen-bond donors (Lipinski definition) is 0. The highest BCUT2D eigenvalue weighted by molar-refractivity contribution is 7.88. The molecule has 0 N–H and O–H groups in total. The van der Waals surface area contributed by atoms with E-state index >= 15 is 0 Å². The van der Waals surface area contributed by atoms with E-state index in [-0.39, 0.29) is 19.0 Å². The zero-order chi connectivity index (χ0) is 19.9. The average molecular weight is 396 g/mol. The Kier molecular flexibility index (Phi) is 5.15. The Labute approximate surface area is 149 Å². The van der Waals surface area contributed by atoms with Gasteiger partial charge in [-0.25, -0.2) is 4.79 Å². The van der Waals surface area contributed by atoms with E-state index in [2.05, 4.69) is 9.17 Å². The van der Waals surface area contributed by atoms with Crippen molar-refractivity contribution in [1.29, 1.82) is 0 Å². The molecule has 2 rings (SSSR count). The maximum absolute atomic E-state index is 12.4. The number of carbonyl (C=O) groups excluding carboxylic acids is 1. The van der Waals surface area contributed by atoms with Gasteiger partial charge in [0, 0.05) is 36.8 Å². The zero-order valence-electron chi connectivity index (χ0n) is 14.6. The van der Waals surface area contributed by atoms with Gasteiger partial charge in [0.15, 0.2) is 0 Å². The summed E-state index contributed by atoms with van der Waals surface area (Å²) in [5.41, 5.74) is -5.52. The third kappa shape index (κ3) is 4.77. The maximum atomic E-state index is 12.4. The minimum absolute atomic E-state index is 0.252. The van der Waals surface area contributed by atoms with Crippen molar-refractivity contribution in [1.82, 2.24) is 9.88 Å². The van der Waals surface area contributed by atoms with Gasteiger partial charge in [-0.1, -0.05) is 0 Å². The van der Waals surface area contributed by atoms with Crippen LogP contribution in [0.3, 0.4) is 0 Å². The van der Waals surface area contributed by atoms with Crippen LogP contribution in [-0.4, -0.2) is 48.6 Å². The van der Waals surface area contributed by atoms with Crippen molar-refractivity contribution in [3.63, 3.8) is 0 Å². The van der Waals surface area contributed by atoms with Gasteiger partial charge in [-0.2, -0.15) is 21.6 Å². The van der Waals surface area contributed by atoms with Crippen LogP contribution in [0.4, 0.5) is 18.0 Å². The van der Waals surface area contributed by atoms with Crippen molar-refractivity contribution < 1.29 is 35.3 Å². The van der Waals surface area contributed by atoms with Crippen LogP contribution in [0.5, 0.6) is 5.75 Å². The fourth-order valence-corrected chi connectivity index (χ4v) is 2.68. The van der Waals surface area contributed by atoms with Gasteiger partial charge in [-0.05, 0) is 27.7 Å². The number of ether oxygens (including phenoxy) is 1. The number of aryl methyl sites for hydroxylation is 1. The number of nitrogens with zero attached hydrogens (tertiary/aromatic N) is 2. The topological polar surface area (TPSA) is 85.8 Å². The van der Waals surface area contributed by atoms with E-state index in [0.29, 0.717) is 11.4 Å². The van der Waals surface area contributed by atoms with Crippen LogP contribution in [-0.2, 0) is 14.9 Å². The van der Waals surface area contributed by atoms with Crippen LogP contribution in [0.25, 0.3) is 0 Å². The van der Waals surface area contributed by atoms with E-state index in [1.807, 2.05) is 0 Å². The molecule has 0 aromatic carbocycles. The molecule has 1 saturated heterocycles. The van der Waals surface area contributed by atoms with Crippen molar-refractivity contribution >= 4 is 16.2 Å². The number of rotatable bonds is 3. The first-order chi connectivity index (χ1) is 11.7. The Morgan fingerprint density at radius 1 is 1.23 bits per heavy atom. The molecule has 1 amide bonds. The highest BCUT2D eigenvalue weighted by atomic mass is 32.2. The smallest absolute Gasteiger partial charge is 0.444 e. The molecule has 7 nitrogen and oxygen atoms in total. The first-order valence-corrected chi connectivity index (χ1v) is 9.06. The van der Waals surface area contributed by atoms with Crippen molar-refractivity contribution in [2.45, 2.75) is 44.7 Å². The van der Waals surface area contributed by atoms with E-state index in [4.69, 9.17) is 4.74 Å². The minimum atomic E-state index is -5.76. The lowest BCUT2D eigenvalue weighted by Crippen LogP contribution is -2.50. The van der Waals surface area contributed by atoms with Crippen LogP contribution >= 0.6 is 0 Å². The van der Waals surface area contributed by atoms with Crippen LogP contribution < -0.4 is 4.18 Å². The Morgan fingerprint density at radius 2 is 1.81 bits per heavy atom. The number of amides is 1. The largest absolute Gasteiger partial charge is 0.534 e. The van der Waals surface area contributed by atoms with Gasteiger partial charge >= 0.3 is 21.7 Å². The van der Waals surface area contributed by atoms with Crippen molar-refractivity contribution in [2.24, 2.45) is 0 Å². The summed E-state index contributed by atoms with van der Waals surface area (Å²) in [6, 6.07) is 2.23. The van der Waals surface area contributed by atoms with E-state index in [1.54, 1.807) is 20.8 Å². The van der Waals surface area contributed by atoms with Gasteiger partial charge in [-0.15, -0.1) is 0 Å². The first-order valence-electron chi connectivity index (χ1n) is 7.65. The quantitative estimate of drug-likeness (QED) is 0.577. The number of carbonyl (C=O) groups is 1. The second-order valence-corrected chi connectivity index (χ2v) is 8.47. The molecule has 2 heterocycles. The summed E-state index contributed by atoms with van der Waals surface area (Å²) in [7, 11) is -5.76. The number of pyridine rings is 1. The monoisotopic (exact) mass is 396 g/mol. The summed E-state index contributed by atoms with van der Waals surface area (Å²) in [4.78, 5) is 17.5. The fourth-order valence-electron chi connectivity index (χ4n) is 2.23. The Bertz CT molecular complexity index is 796. The summed E-state index contributed by atoms with van der Waals surface area (Å²) in [5, 5.41) is 0. The molecule has 1 aromatic rings. The van der Waals surface area contributed by atoms with E-state index in [9.17, 15) is 26.4 Å². The van der Waals surface area contributed by atoms with Crippen molar-refractivity contribution in [3.8, 4) is 5.75 Å². The van der Waals surface area contributed by atoms with E-state index in [1.165, 1.54) is 11.8 Å². The predicted octanol–water partition coefficient (Wildman–Crippen LogP) is 2.95. The van der Waals surface area contributed by atoms with Crippen molar-refractivity contribution in [3.05, 3.63) is 23.5 Å². The second-order valence-electron chi connectivity index (χ2n) is 6.93. The number of hydrogen-bond acceptors (Lipinski definition) is 6. The van der Waals surface area contributed by atoms with E-state index in [0.717, 1.165) is 12.1 Å². The highest BCUT2D eigenvalue weighted by Crippen LogP contribution is 2.32. The molecule has 11 heteroatoms. The van der Waals surface area contributed by atoms with Crippen LogP contribution in [0.15, 0.2) is 12.1 Å². The van der Waals surface area contributed by atoms with Crippen LogP contribution in [0.2, 0.25) is 0 Å². The maximum Gasteiger partial charge on any atom is 0.534 e. The molecule has 0 radical (unpaired) electrons.